The summed E-state index contributed by atoms with van der Waals surface area (Å²) < 4.78 is 0. The summed E-state index contributed by atoms with van der Waals surface area (Å²) >= 11 is 1.54. The van der Waals surface area contributed by atoms with Crippen LogP contribution in [-0.4, -0.2) is 43.1 Å². The predicted molar refractivity (Wildman–Crippen MR) is 95.6 cm³/mol. The second kappa shape index (κ2) is 7.00. The number of benzene rings is 1. The molecule has 1 saturated heterocycles. The second-order valence-electron chi connectivity index (χ2n) is 5.95. The highest BCUT2D eigenvalue weighted by atomic mass is 32.1. The summed E-state index contributed by atoms with van der Waals surface area (Å²) in [6.07, 6.45) is 0. The molecule has 1 N–H and O–H groups in total. The molecule has 0 aliphatic carbocycles. The van der Waals surface area contributed by atoms with Crippen molar-refractivity contribution in [1.82, 2.24) is 10.3 Å². The van der Waals surface area contributed by atoms with Crippen LogP contribution in [0.4, 0.5) is 10.8 Å². The molecule has 0 unspecified atom stereocenters. The fourth-order valence-corrected chi connectivity index (χ4v) is 3.50. The second-order valence-corrected chi connectivity index (χ2v) is 6.79. The zero-order valence-electron chi connectivity index (χ0n) is 13.5. The highest BCUT2D eigenvalue weighted by Gasteiger charge is 2.21. The molecule has 1 aliphatic heterocycles. The maximum atomic E-state index is 12.0. The van der Waals surface area contributed by atoms with Crippen LogP contribution in [0.5, 0.6) is 0 Å². The minimum atomic E-state index is -0.0922. The fourth-order valence-electron chi connectivity index (χ4n) is 2.64. The predicted octanol–water partition coefficient (Wildman–Crippen LogP) is 2.61. The molecule has 1 amide bonds. The Balaban J connectivity index is 1.60. The maximum Gasteiger partial charge on any atom is 0.271 e. The van der Waals surface area contributed by atoms with Crippen molar-refractivity contribution >= 4 is 28.1 Å². The van der Waals surface area contributed by atoms with Crippen molar-refractivity contribution in [3.63, 3.8) is 0 Å². The number of para-hydroxylation sites is 1. The summed E-state index contributed by atoms with van der Waals surface area (Å²) in [6.45, 7) is 7.69. The van der Waals surface area contributed by atoms with Crippen LogP contribution in [0.2, 0.25) is 0 Å². The molecule has 1 fully saturated rings. The molecule has 0 saturated carbocycles. The summed E-state index contributed by atoms with van der Waals surface area (Å²) in [4.78, 5) is 21.1. The van der Waals surface area contributed by atoms with E-state index < -0.39 is 0 Å². The van der Waals surface area contributed by atoms with E-state index in [-0.39, 0.29) is 11.9 Å². The van der Waals surface area contributed by atoms with Gasteiger partial charge in [0.1, 0.15) is 5.69 Å². The third-order valence-electron chi connectivity index (χ3n) is 3.82. The van der Waals surface area contributed by atoms with Crippen LogP contribution in [0.3, 0.4) is 0 Å². The first-order chi connectivity index (χ1) is 11.1. The van der Waals surface area contributed by atoms with Crippen molar-refractivity contribution in [3.05, 3.63) is 41.4 Å². The molecule has 1 aromatic carbocycles. The van der Waals surface area contributed by atoms with E-state index in [0.29, 0.717) is 5.69 Å². The van der Waals surface area contributed by atoms with Crippen molar-refractivity contribution in [2.75, 3.05) is 36.0 Å². The Morgan fingerprint density at radius 2 is 1.78 bits per heavy atom. The molecule has 2 heterocycles. The van der Waals surface area contributed by atoms with Gasteiger partial charge in [0.25, 0.3) is 5.91 Å². The van der Waals surface area contributed by atoms with Gasteiger partial charge in [-0.25, -0.2) is 4.98 Å². The lowest BCUT2D eigenvalue weighted by atomic mass is 10.2. The van der Waals surface area contributed by atoms with Gasteiger partial charge in [-0.1, -0.05) is 18.2 Å². The van der Waals surface area contributed by atoms with Gasteiger partial charge in [-0.15, -0.1) is 11.3 Å². The van der Waals surface area contributed by atoms with Crippen molar-refractivity contribution < 1.29 is 4.79 Å². The van der Waals surface area contributed by atoms with Gasteiger partial charge >= 0.3 is 0 Å². The zero-order valence-corrected chi connectivity index (χ0v) is 14.3. The number of anilines is 2. The quantitative estimate of drug-likeness (QED) is 0.936. The fraction of sp³-hybridized carbons (Fsp3) is 0.412. The molecule has 23 heavy (non-hydrogen) atoms. The Bertz CT molecular complexity index is 648. The van der Waals surface area contributed by atoms with Crippen LogP contribution in [-0.2, 0) is 0 Å². The summed E-state index contributed by atoms with van der Waals surface area (Å²) in [7, 11) is 0. The first-order valence-corrected chi connectivity index (χ1v) is 8.83. The van der Waals surface area contributed by atoms with Crippen molar-refractivity contribution in [1.29, 1.82) is 0 Å². The Morgan fingerprint density at radius 3 is 2.43 bits per heavy atom. The Labute approximate surface area is 140 Å². The molecule has 5 nitrogen and oxygen atoms in total. The number of carbonyl (C=O) groups excluding carboxylic acids is 1. The zero-order chi connectivity index (χ0) is 16.2. The molecule has 0 atom stereocenters. The molecule has 1 aromatic heterocycles. The number of amides is 1. The number of hydrogen-bond donors (Lipinski definition) is 1. The highest BCUT2D eigenvalue weighted by Crippen LogP contribution is 2.23. The van der Waals surface area contributed by atoms with Crippen LogP contribution in [0, 0.1) is 0 Å². The lowest BCUT2D eigenvalue weighted by molar-refractivity contribution is 0.0939. The Hall–Kier alpha value is -2.08. The molecule has 0 bridgehead atoms. The summed E-state index contributed by atoms with van der Waals surface area (Å²) in [5.41, 5.74) is 1.78. The Morgan fingerprint density at radius 1 is 1.13 bits per heavy atom. The molecular weight excluding hydrogens is 308 g/mol. The molecule has 0 radical (unpaired) electrons. The smallest absolute Gasteiger partial charge is 0.271 e. The third kappa shape index (κ3) is 3.82. The summed E-state index contributed by atoms with van der Waals surface area (Å²) in [5, 5.41) is 5.66. The number of carbonyl (C=O) groups is 1. The maximum absolute atomic E-state index is 12.0. The number of piperazine rings is 1. The number of rotatable bonds is 4. The van der Waals surface area contributed by atoms with Gasteiger partial charge in [-0.3, -0.25) is 4.79 Å². The monoisotopic (exact) mass is 330 g/mol. The first kappa shape index (κ1) is 15.8. The third-order valence-corrected chi connectivity index (χ3v) is 4.72. The van der Waals surface area contributed by atoms with Gasteiger partial charge in [0.05, 0.1) is 0 Å². The largest absolute Gasteiger partial charge is 0.368 e. The van der Waals surface area contributed by atoms with E-state index in [4.69, 9.17) is 0 Å². The minimum Gasteiger partial charge on any atom is -0.368 e. The van der Waals surface area contributed by atoms with E-state index in [1.54, 1.807) is 11.3 Å². The standard InChI is InChI=1S/C17H22N4OS/c1-13(2)18-16(22)15-12-23-17(19-15)21-10-8-20(9-11-21)14-6-4-3-5-7-14/h3-7,12-13H,8-11H2,1-2H3,(H,18,22). The molecule has 3 rings (SSSR count). The van der Waals surface area contributed by atoms with Gasteiger partial charge in [-0.05, 0) is 26.0 Å². The average molecular weight is 330 g/mol. The van der Waals surface area contributed by atoms with Gasteiger partial charge in [0.15, 0.2) is 5.13 Å². The minimum absolute atomic E-state index is 0.0922. The van der Waals surface area contributed by atoms with Gasteiger partial charge < -0.3 is 15.1 Å². The average Bonchev–Trinajstić information content (AvgIpc) is 3.05. The van der Waals surface area contributed by atoms with Gasteiger partial charge in [0, 0.05) is 43.3 Å². The number of thiazole rings is 1. The van der Waals surface area contributed by atoms with Crippen LogP contribution in [0.25, 0.3) is 0 Å². The summed E-state index contributed by atoms with van der Waals surface area (Å²) in [6, 6.07) is 10.6. The van der Waals surface area contributed by atoms with Crippen molar-refractivity contribution in [2.24, 2.45) is 0 Å². The molecule has 1 aliphatic rings. The normalized spacial score (nSPS) is 15.1. The number of hydrogen-bond acceptors (Lipinski definition) is 5. The van der Waals surface area contributed by atoms with Gasteiger partial charge in [0.2, 0.25) is 0 Å². The molecule has 122 valence electrons. The molecule has 0 spiro atoms. The number of nitrogens with zero attached hydrogens (tertiary/aromatic N) is 3. The van der Waals surface area contributed by atoms with E-state index in [2.05, 4.69) is 44.4 Å². The van der Waals surface area contributed by atoms with E-state index >= 15 is 0 Å². The van der Waals surface area contributed by atoms with E-state index in [9.17, 15) is 4.79 Å². The van der Waals surface area contributed by atoms with Gasteiger partial charge in [-0.2, -0.15) is 0 Å². The van der Waals surface area contributed by atoms with E-state index in [1.807, 2.05) is 25.3 Å². The van der Waals surface area contributed by atoms with E-state index in [1.165, 1.54) is 5.69 Å². The topological polar surface area (TPSA) is 48.5 Å². The summed E-state index contributed by atoms with van der Waals surface area (Å²) in [5.74, 6) is -0.0922. The van der Waals surface area contributed by atoms with Crippen LogP contribution in [0.1, 0.15) is 24.3 Å². The SMILES string of the molecule is CC(C)NC(=O)c1csc(N2CCN(c3ccccc3)CC2)n1. The molecular formula is C17H22N4OS. The van der Waals surface area contributed by atoms with Crippen LogP contribution < -0.4 is 15.1 Å². The lowest BCUT2D eigenvalue weighted by Crippen LogP contribution is -2.46. The van der Waals surface area contributed by atoms with E-state index in [0.717, 1.165) is 31.3 Å². The Kier molecular flexibility index (Phi) is 4.81. The molecule has 6 heteroatoms. The first-order valence-electron chi connectivity index (χ1n) is 7.95. The number of nitrogens with one attached hydrogen (secondary N) is 1. The van der Waals surface area contributed by atoms with Crippen molar-refractivity contribution in [3.8, 4) is 0 Å². The van der Waals surface area contributed by atoms with Crippen molar-refractivity contribution in [2.45, 2.75) is 19.9 Å². The highest BCUT2D eigenvalue weighted by molar-refractivity contribution is 7.13. The van der Waals surface area contributed by atoms with Crippen LogP contribution in [0.15, 0.2) is 35.7 Å². The molecule has 2 aromatic rings. The van der Waals surface area contributed by atoms with Crippen LogP contribution >= 0.6 is 11.3 Å². The number of aromatic nitrogens is 1. The lowest BCUT2D eigenvalue weighted by Gasteiger charge is -2.35.